The first-order chi connectivity index (χ1) is 7.36. The number of rotatable bonds is 1. The van der Waals surface area contributed by atoms with Crippen molar-refractivity contribution in [3.05, 3.63) is 35.4 Å². The molecule has 1 fully saturated rings. The van der Waals surface area contributed by atoms with E-state index in [9.17, 15) is 0 Å². The first-order valence-electron chi connectivity index (χ1n) is 5.37. The summed E-state index contributed by atoms with van der Waals surface area (Å²) >= 11 is 0. The topological polar surface area (TPSA) is 36.3 Å². The van der Waals surface area contributed by atoms with Gasteiger partial charge in [0.2, 0.25) is 0 Å². The van der Waals surface area contributed by atoms with E-state index in [4.69, 9.17) is 10.1 Å². The van der Waals surface area contributed by atoms with E-state index in [1.54, 1.807) is 0 Å². The molecule has 0 aliphatic carbocycles. The number of nitrogens with one attached hydrogen (secondary N) is 1. The fraction of sp³-hybridized carbons (Fsp3) is 0.417. The summed E-state index contributed by atoms with van der Waals surface area (Å²) in [5, 5.41) is 8.12. The quantitative estimate of drug-likeness (QED) is 0.751. The van der Waals surface area contributed by atoms with Crippen LogP contribution in [0.25, 0.3) is 0 Å². The Morgan fingerprint density at radius 3 is 2.93 bits per heavy atom. The van der Waals surface area contributed by atoms with Crippen molar-refractivity contribution in [3.63, 3.8) is 0 Å². The molecule has 2 aliphatic rings. The minimum atomic E-state index is 0.407. The summed E-state index contributed by atoms with van der Waals surface area (Å²) in [4.78, 5) is 2.16. The maximum absolute atomic E-state index is 8.12. The van der Waals surface area contributed by atoms with Crippen LogP contribution in [0.5, 0.6) is 0 Å². The van der Waals surface area contributed by atoms with Gasteiger partial charge in [-0.15, -0.1) is 0 Å². The highest BCUT2D eigenvalue weighted by Gasteiger charge is 2.31. The second-order valence-electron chi connectivity index (χ2n) is 4.15. The maximum Gasteiger partial charge on any atom is 0.129 e. The van der Waals surface area contributed by atoms with Gasteiger partial charge in [-0.1, -0.05) is 24.3 Å². The Morgan fingerprint density at radius 2 is 2.20 bits per heavy atom. The van der Waals surface area contributed by atoms with E-state index in [0.29, 0.717) is 11.9 Å². The lowest BCUT2D eigenvalue weighted by atomic mass is 10.1. The van der Waals surface area contributed by atoms with Gasteiger partial charge >= 0.3 is 0 Å². The molecule has 3 rings (SSSR count). The van der Waals surface area contributed by atoms with E-state index in [1.807, 2.05) is 18.2 Å². The largest absolute Gasteiger partial charge is 0.379 e. The van der Waals surface area contributed by atoms with E-state index >= 15 is 0 Å². The number of ether oxygens (including phenoxy) is 1. The van der Waals surface area contributed by atoms with Crippen LogP contribution >= 0.6 is 0 Å². The molecule has 0 amide bonds. The monoisotopic (exact) mass is 202 g/mol. The van der Waals surface area contributed by atoms with Crippen LogP contribution in [0.1, 0.15) is 17.5 Å². The van der Waals surface area contributed by atoms with Crippen LogP contribution < -0.4 is 0 Å². The average Bonchev–Trinajstić information content (AvgIpc) is 2.87. The van der Waals surface area contributed by atoms with Crippen LogP contribution in [0, 0.1) is 5.41 Å². The van der Waals surface area contributed by atoms with E-state index in [0.717, 1.165) is 31.7 Å². The Kier molecular flexibility index (Phi) is 1.99. The second kappa shape index (κ2) is 3.35. The van der Waals surface area contributed by atoms with Crippen LogP contribution in [0.15, 0.2) is 24.3 Å². The van der Waals surface area contributed by atoms with Gasteiger partial charge in [-0.2, -0.15) is 0 Å². The molecule has 0 saturated carbocycles. The molecular formula is C12H14N2O. The smallest absolute Gasteiger partial charge is 0.129 e. The van der Waals surface area contributed by atoms with Gasteiger partial charge in [0.05, 0.1) is 12.6 Å². The third kappa shape index (κ3) is 1.35. The van der Waals surface area contributed by atoms with Crippen molar-refractivity contribution in [2.24, 2.45) is 0 Å². The van der Waals surface area contributed by atoms with Crippen LogP contribution in [-0.4, -0.2) is 30.0 Å². The summed E-state index contributed by atoms with van der Waals surface area (Å²) in [5.74, 6) is 0.668. The molecule has 0 radical (unpaired) electrons. The molecule has 0 bridgehead atoms. The molecule has 3 nitrogen and oxygen atoms in total. The number of hydrogen-bond donors (Lipinski definition) is 1. The van der Waals surface area contributed by atoms with Crippen molar-refractivity contribution in [2.75, 3.05) is 13.2 Å². The standard InChI is InChI=1S/C12H14N2O/c13-12-11-4-2-1-3-9(11)7-14(12)10-5-6-15-8-10/h1-4,10,13H,5-8H2. The Labute approximate surface area is 89.2 Å². The lowest BCUT2D eigenvalue weighted by Gasteiger charge is -2.24. The first-order valence-corrected chi connectivity index (χ1v) is 5.37. The molecule has 1 saturated heterocycles. The Balaban J connectivity index is 1.89. The molecule has 15 heavy (non-hydrogen) atoms. The minimum Gasteiger partial charge on any atom is -0.379 e. The summed E-state index contributed by atoms with van der Waals surface area (Å²) in [7, 11) is 0. The van der Waals surface area contributed by atoms with E-state index < -0.39 is 0 Å². The molecule has 78 valence electrons. The van der Waals surface area contributed by atoms with Gasteiger partial charge in [-0.05, 0) is 12.0 Å². The van der Waals surface area contributed by atoms with Crippen LogP contribution in [-0.2, 0) is 11.3 Å². The first kappa shape index (κ1) is 8.92. The lowest BCUT2D eigenvalue weighted by Crippen LogP contribution is -2.35. The molecule has 1 unspecified atom stereocenters. The zero-order valence-electron chi connectivity index (χ0n) is 8.57. The Hall–Kier alpha value is -1.35. The number of amidine groups is 1. The number of benzene rings is 1. The highest BCUT2D eigenvalue weighted by molar-refractivity contribution is 6.00. The summed E-state index contributed by atoms with van der Waals surface area (Å²) < 4.78 is 5.38. The van der Waals surface area contributed by atoms with Gasteiger partial charge < -0.3 is 9.64 Å². The van der Waals surface area contributed by atoms with E-state index in [2.05, 4.69) is 11.0 Å². The molecular weight excluding hydrogens is 188 g/mol. The molecule has 2 heterocycles. The molecule has 2 aliphatic heterocycles. The zero-order valence-corrected chi connectivity index (χ0v) is 8.57. The van der Waals surface area contributed by atoms with Gasteiger partial charge in [0.15, 0.2) is 0 Å². The van der Waals surface area contributed by atoms with Crippen molar-refractivity contribution in [3.8, 4) is 0 Å². The predicted octanol–water partition coefficient (Wildman–Crippen LogP) is 1.62. The summed E-state index contributed by atoms with van der Waals surface area (Å²) in [6.07, 6.45) is 1.05. The highest BCUT2D eigenvalue weighted by atomic mass is 16.5. The van der Waals surface area contributed by atoms with Crippen LogP contribution in [0.3, 0.4) is 0 Å². The molecule has 1 aromatic carbocycles. The van der Waals surface area contributed by atoms with Crippen molar-refractivity contribution in [1.29, 1.82) is 5.41 Å². The fourth-order valence-corrected chi connectivity index (χ4v) is 2.39. The predicted molar refractivity (Wildman–Crippen MR) is 58.0 cm³/mol. The van der Waals surface area contributed by atoms with Crippen LogP contribution in [0.4, 0.5) is 0 Å². The zero-order chi connectivity index (χ0) is 10.3. The minimum absolute atomic E-state index is 0.407. The molecule has 0 spiro atoms. The van der Waals surface area contributed by atoms with E-state index in [1.165, 1.54) is 5.56 Å². The molecule has 1 aromatic rings. The maximum atomic E-state index is 8.12. The molecule has 0 aromatic heterocycles. The summed E-state index contributed by atoms with van der Waals surface area (Å²) in [6.45, 7) is 2.49. The normalized spacial score (nSPS) is 24.7. The second-order valence-corrected chi connectivity index (χ2v) is 4.15. The number of hydrogen-bond acceptors (Lipinski definition) is 2. The van der Waals surface area contributed by atoms with Crippen molar-refractivity contribution < 1.29 is 4.74 Å². The van der Waals surface area contributed by atoms with Gasteiger partial charge in [-0.3, -0.25) is 5.41 Å². The fourth-order valence-electron chi connectivity index (χ4n) is 2.39. The number of nitrogens with zero attached hydrogens (tertiary/aromatic N) is 1. The van der Waals surface area contributed by atoms with Gasteiger partial charge in [0.1, 0.15) is 5.84 Å². The van der Waals surface area contributed by atoms with Gasteiger partial charge in [0.25, 0.3) is 0 Å². The number of fused-ring (bicyclic) bond motifs is 1. The van der Waals surface area contributed by atoms with Gasteiger partial charge in [-0.25, -0.2) is 0 Å². The average molecular weight is 202 g/mol. The lowest BCUT2D eigenvalue weighted by molar-refractivity contribution is 0.173. The Morgan fingerprint density at radius 1 is 1.33 bits per heavy atom. The SMILES string of the molecule is N=C1c2ccccc2CN1C1CCOC1. The molecule has 1 atom stereocenters. The van der Waals surface area contributed by atoms with Gasteiger partial charge in [0, 0.05) is 18.7 Å². The summed E-state index contributed by atoms with van der Waals surface area (Å²) in [6, 6.07) is 8.60. The third-order valence-electron chi connectivity index (χ3n) is 3.25. The third-order valence-corrected chi connectivity index (χ3v) is 3.25. The van der Waals surface area contributed by atoms with Crippen molar-refractivity contribution in [2.45, 2.75) is 19.0 Å². The summed E-state index contributed by atoms with van der Waals surface area (Å²) in [5.41, 5.74) is 2.36. The van der Waals surface area contributed by atoms with E-state index in [-0.39, 0.29) is 0 Å². The Bertz CT molecular complexity index is 396. The van der Waals surface area contributed by atoms with Crippen molar-refractivity contribution in [1.82, 2.24) is 4.90 Å². The van der Waals surface area contributed by atoms with Crippen LogP contribution in [0.2, 0.25) is 0 Å². The highest BCUT2D eigenvalue weighted by Crippen LogP contribution is 2.26. The molecule has 1 N–H and O–H groups in total. The molecule has 3 heteroatoms. The van der Waals surface area contributed by atoms with Crippen molar-refractivity contribution >= 4 is 5.84 Å².